The van der Waals surface area contributed by atoms with E-state index in [0.717, 1.165) is 18.5 Å². The topological polar surface area (TPSA) is 108 Å². The number of non-ortho nitro benzene ring substituents is 1. The Balaban J connectivity index is 3.31. The number of nitro benzene ring substituents is 2. The van der Waals surface area contributed by atoms with Crippen LogP contribution in [0, 0.1) is 27.2 Å². The van der Waals surface area contributed by atoms with Crippen LogP contribution in [0.25, 0.3) is 0 Å². The van der Waals surface area contributed by atoms with Crippen molar-refractivity contribution in [3.8, 4) is 0 Å². The van der Waals surface area contributed by atoms with Crippen molar-refractivity contribution in [3.63, 3.8) is 0 Å². The van der Waals surface area contributed by atoms with Gasteiger partial charge in [0.15, 0.2) is 6.40 Å². The van der Waals surface area contributed by atoms with Crippen molar-refractivity contribution in [2.24, 2.45) is 4.99 Å². The second-order valence-corrected chi connectivity index (χ2v) is 3.31. The van der Waals surface area contributed by atoms with Gasteiger partial charge in [-0.25, -0.2) is 4.99 Å². The molecule has 0 saturated carbocycles. The number of hydrogen-bond acceptors (Lipinski definition) is 6. The second-order valence-electron chi connectivity index (χ2n) is 3.31. The van der Waals surface area contributed by atoms with Crippen LogP contribution in [-0.4, -0.2) is 22.9 Å². The van der Waals surface area contributed by atoms with Crippen LogP contribution < -0.4 is 0 Å². The first-order chi connectivity index (χ1) is 8.47. The average Bonchev–Trinajstić information content (AvgIpc) is 2.30. The molecule has 0 aliphatic heterocycles. The molecule has 0 aromatic heterocycles. The molecule has 0 aliphatic carbocycles. The highest BCUT2D eigenvalue weighted by atomic mass is 16.6. The minimum atomic E-state index is -0.702. The Bertz CT molecular complexity index is 512. The van der Waals surface area contributed by atoms with Crippen molar-refractivity contribution in [1.29, 1.82) is 0 Å². The van der Waals surface area contributed by atoms with Gasteiger partial charge in [0.2, 0.25) is 0 Å². The van der Waals surface area contributed by atoms with Crippen molar-refractivity contribution in [3.05, 3.63) is 37.9 Å². The van der Waals surface area contributed by atoms with E-state index in [-0.39, 0.29) is 22.6 Å². The number of hydrogen-bond donors (Lipinski definition) is 0. The summed E-state index contributed by atoms with van der Waals surface area (Å²) in [5, 5.41) is 21.4. The highest BCUT2D eigenvalue weighted by molar-refractivity contribution is 5.67. The monoisotopic (exact) mass is 253 g/mol. The second kappa shape index (κ2) is 5.71. The Labute approximate surface area is 102 Å². The van der Waals surface area contributed by atoms with Crippen LogP contribution >= 0.6 is 0 Å². The molecule has 0 spiro atoms. The van der Waals surface area contributed by atoms with Gasteiger partial charge in [-0.2, -0.15) is 0 Å². The lowest BCUT2D eigenvalue weighted by Gasteiger charge is -2.02. The third-order valence-corrected chi connectivity index (χ3v) is 2.18. The Morgan fingerprint density at radius 3 is 2.50 bits per heavy atom. The van der Waals surface area contributed by atoms with Crippen molar-refractivity contribution < 1.29 is 14.6 Å². The summed E-state index contributed by atoms with van der Waals surface area (Å²) in [7, 11) is 0. The highest BCUT2D eigenvalue weighted by Crippen LogP contribution is 2.32. The maximum absolute atomic E-state index is 10.8. The third-order valence-electron chi connectivity index (χ3n) is 2.18. The Morgan fingerprint density at radius 2 is 2.00 bits per heavy atom. The predicted molar refractivity (Wildman–Crippen MR) is 64.3 cm³/mol. The molecule has 0 unspecified atom stereocenters. The summed E-state index contributed by atoms with van der Waals surface area (Å²) in [6, 6.07) is 2.08. The molecule has 0 fully saturated rings. The van der Waals surface area contributed by atoms with Crippen LogP contribution in [0.4, 0.5) is 17.1 Å². The lowest BCUT2D eigenvalue weighted by Crippen LogP contribution is -1.96. The minimum absolute atomic E-state index is 0.143. The van der Waals surface area contributed by atoms with E-state index in [2.05, 4.69) is 4.99 Å². The van der Waals surface area contributed by atoms with E-state index < -0.39 is 9.85 Å². The fourth-order valence-electron chi connectivity index (χ4n) is 1.27. The number of nitro groups is 2. The van der Waals surface area contributed by atoms with Gasteiger partial charge < -0.3 is 4.74 Å². The molecule has 0 bridgehead atoms. The largest absolute Gasteiger partial charge is 0.483 e. The summed E-state index contributed by atoms with van der Waals surface area (Å²) in [6.07, 6.45) is 1.11. The quantitative estimate of drug-likeness (QED) is 0.346. The zero-order chi connectivity index (χ0) is 13.7. The summed E-state index contributed by atoms with van der Waals surface area (Å²) in [4.78, 5) is 23.9. The molecular formula is C10H11N3O5. The van der Waals surface area contributed by atoms with Crippen molar-refractivity contribution >= 4 is 23.5 Å². The summed E-state index contributed by atoms with van der Waals surface area (Å²) in [5.41, 5.74) is -0.324. The smallest absolute Gasteiger partial charge is 0.281 e. The first-order valence-corrected chi connectivity index (χ1v) is 5.05. The van der Waals surface area contributed by atoms with Crippen LogP contribution in [0.3, 0.4) is 0 Å². The fraction of sp³-hybridized carbons (Fsp3) is 0.300. The molecule has 1 aromatic rings. The summed E-state index contributed by atoms with van der Waals surface area (Å²) >= 11 is 0. The molecule has 0 radical (unpaired) electrons. The maximum Gasteiger partial charge on any atom is 0.281 e. The van der Waals surface area contributed by atoms with Gasteiger partial charge in [-0.3, -0.25) is 20.2 Å². The Hall–Kier alpha value is -2.51. The van der Waals surface area contributed by atoms with Crippen molar-refractivity contribution in [1.82, 2.24) is 0 Å². The zero-order valence-corrected chi connectivity index (χ0v) is 9.82. The molecule has 0 saturated heterocycles. The van der Waals surface area contributed by atoms with Gasteiger partial charge in [0.25, 0.3) is 11.4 Å². The van der Waals surface area contributed by atoms with E-state index in [1.165, 1.54) is 6.92 Å². The van der Waals surface area contributed by atoms with Crippen LogP contribution in [0.1, 0.15) is 12.5 Å². The fourth-order valence-corrected chi connectivity index (χ4v) is 1.27. The summed E-state index contributed by atoms with van der Waals surface area (Å²) in [5.74, 6) is 0. The molecular weight excluding hydrogens is 242 g/mol. The SMILES string of the molecule is CCOC=Nc1cc([N+](=O)[O-])cc([N+](=O)[O-])c1C. The van der Waals surface area contributed by atoms with E-state index in [1.807, 2.05) is 0 Å². The molecule has 96 valence electrons. The Kier molecular flexibility index (Phi) is 4.30. The number of nitrogens with zero attached hydrogens (tertiary/aromatic N) is 3. The lowest BCUT2D eigenvalue weighted by atomic mass is 10.1. The molecule has 0 N–H and O–H groups in total. The maximum atomic E-state index is 10.8. The van der Waals surface area contributed by atoms with Crippen molar-refractivity contribution in [2.45, 2.75) is 13.8 Å². The van der Waals surface area contributed by atoms with Gasteiger partial charge in [0, 0.05) is 6.07 Å². The third kappa shape index (κ3) is 3.00. The number of aliphatic imine (C=N–C) groups is 1. The highest BCUT2D eigenvalue weighted by Gasteiger charge is 2.20. The number of benzene rings is 1. The average molecular weight is 253 g/mol. The first-order valence-electron chi connectivity index (χ1n) is 5.05. The molecule has 0 heterocycles. The summed E-state index contributed by atoms with van der Waals surface area (Å²) in [6.45, 7) is 3.61. The zero-order valence-electron chi connectivity index (χ0n) is 9.82. The summed E-state index contributed by atoms with van der Waals surface area (Å²) < 4.78 is 4.86. The molecule has 8 nitrogen and oxygen atoms in total. The number of rotatable bonds is 5. The van der Waals surface area contributed by atoms with Crippen molar-refractivity contribution in [2.75, 3.05) is 6.61 Å². The molecule has 0 aliphatic rings. The van der Waals surface area contributed by atoms with E-state index in [1.54, 1.807) is 6.92 Å². The van der Waals surface area contributed by atoms with Gasteiger partial charge >= 0.3 is 0 Å². The minimum Gasteiger partial charge on any atom is -0.483 e. The van der Waals surface area contributed by atoms with Gasteiger partial charge in [0.05, 0.1) is 33.8 Å². The van der Waals surface area contributed by atoms with Crippen LogP contribution in [-0.2, 0) is 4.74 Å². The number of ether oxygens (including phenoxy) is 1. The van der Waals surface area contributed by atoms with E-state index in [0.29, 0.717) is 6.61 Å². The Morgan fingerprint density at radius 1 is 1.33 bits per heavy atom. The predicted octanol–water partition coefficient (Wildman–Crippen LogP) is 2.51. The molecule has 18 heavy (non-hydrogen) atoms. The van der Waals surface area contributed by atoms with Crippen LogP contribution in [0.5, 0.6) is 0 Å². The van der Waals surface area contributed by atoms with Gasteiger partial charge in [-0.15, -0.1) is 0 Å². The van der Waals surface area contributed by atoms with Crippen LogP contribution in [0.15, 0.2) is 17.1 Å². The van der Waals surface area contributed by atoms with Gasteiger partial charge in [-0.1, -0.05) is 0 Å². The standard InChI is InChI=1S/C10H11N3O5/c1-3-18-6-11-9-4-8(12(14)15)5-10(7(9)2)13(16)17/h4-6H,3H2,1-2H3. The molecule has 0 amide bonds. The normalized spacial score (nSPS) is 10.6. The van der Waals surface area contributed by atoms with Gasteiger partial charge in [0.1, 0.15) is 0 Å². The van der Waals surface area contributed by atoms with E-state index in [9.17, 15) is 20.2 Å². The van der Waals surface area contributed by atoms with Gasteiger partial charge in [-0.05, 0) is 13.8 Å². The molecule has 1 aromatic carbocycles. The molecule has 8 heteroatoms. The van der Waals surface area contributed by atoms with E-state index >= 15 is 0 Å². The van der Waals surface area contributed by atoms with E-state index in [4.69, 9.17) is 4.74 Å². The molecule has 0 atom stereocenters. The molecule has 1 rings (SSSR count). The van der Waals surface area contributed by atoms with Crippen LogP contribution in [0.2, 0.25) is 0 Å². The first kappa shape index (κ1) is 13.6. The lowest BCUT2D eigenvalue weighted by molar-refractivity contribution is -0.394.